The number of nitrogens with zero attached hydrogens (tertiary/aromatic N) is 2. The summed E-state index contributed by atoms with van der Waals surface area (Å²) in [6.45, 7) is 2.34. The van der Waals surface area contributed by atoms with Crippen molar-refractivity contribution in [2.75, 3.05) is 11.9 Å². The number of rotatable bonds is 3. The second kappa shape index (κ2) is 6.29. The molecule has 120 valence electrons. The molecule has 4 rings (SSSR count). The normalized spacial score (nSPS) is 13.3. The Morgan fingerprint density at radius 1 is 1.04 bits per heavy atom. The van der Waals surface area contributed by atoms with Gasteiger partial charge in [-0.15, -0.1) is 0 Å². The number of para-hydroxylation sites is 1. The Balaban J connectivity index is 1.73. The quantitative estimate of drug-likeness (QED) is 0.780. The Hall–Kier alpha value is -2.92. The van der Waals surface area contributed by atoms with Crippen molar-refractivity contribution in [3.8, 4) is 11.4 Å². The molecule has 0 aliphatic carbocycles. The van der Waals surface area contributed by atoms with Gasteiger partial charge in [0.1, 0.15) is 5.82 Å². The third-order valence-electron chi connectivity index (χ3n) is 4.16. The van der Waals surface area contributed by atoms with Crippen LogP contribution in [0.5, 0.6) is 0 Å². The summed E-state index contributed by atoms with van der Waals surface area (Å²) in [5, 5.41) is 6.25. The molecule has 5 heteroatoms. The van der Waals surface area contributed by atoms with Crippen LogP contribution in [0, 0.1) is 0 Å². The molecule has 0 radical (unpaired) electrons. The Labute approximate surface area is 140 Å². The summed E-state index contributed by atoms with van der Waals surface area (Å²) in [5.41, 5.74) is 3.23. The molecule has 2 N–H and O–H groups in total. The predicted molar refractivity (Wildman–Crippen MR) is 93.8 cm³/mol. The molecule has 0 atom stereocenters. The lowest BCUT2D eigenvalue weighted by atomic mass is 10.2. The fourth-order valence-electron chi connectivity index (χ4n) is 3.01. The molecule has 5 nitrogen and oxygen atoms in total. The lowest BCUT2D eigenvalue weighted by molar-refractivity contribution is 0.102. The van der Waals surface area contributed by atoms with Gasteiger partial charge in [0.25, 0.3) is 5.91 Å². The third-order valence-corrected chi connectivity index (χ3v) is 4.16. The number of amides is 1. The van der Waals surface area contributed by atoms with E-state index in [1.165, 1.54) is 0 Å². The standard InChI is InChI=1S/C19H18N4O/c24-19(21-15-9-5-2-6-10-15)17-16-13-20-11-12-23(16)18(22-17)14-7-3-1-4-8-14/h1-10,20H,11-13H2,(H,21,24). The number of carbonyl (C=O) groups is 1. The molecule has 0 bridgehead atoms. The SMILES string of the molecule is O=C(Nc1ccccc1)c1nc(-c2ccccc2)n2c1CNCC2. The second-order valence-corrected chi connectivity index (χ2v) is 5.75. The lowest BCUT2D eigenvalue weighted by Crippen LogP contribution is -2.29. The van der Waals surface area contributed by atoms with E-state index in [1.54, 1.807) is 0 Å². The maximum absolute atomic E-state index is 12.7. The summed E-state index contributed by atoms with van der Waals surface area (Å²) in [6.07, 6.45) is 0. The monoisotopic (exact) mass is 318 g/mol. The molecule has 0 unspecified atom stereocenters. The first-order valence-electron chi connectivity index (χ1n) is 8.05. The highest BCUT2D eigenvalue weighted by Crippen LogP contribution is 2.24. The molecular weight excluding hydrogens is 300 g/mol. The molecule has 1 amide bonds. The van der Waals surface area contributed by atoms with Crippen LogP contribution in [0.15, 0.2) is 60.7 Å². The van der Waals surface area contributed by atoms with Crippen molar-refractivity contribution in [3.63, 3.8) is 0 Å². The van der Waals surface area contributed by atoms with Crippen LogP contribution in [0.25, 0.3) is 11.4 Å². The summed E-state index contributed by atoms with van der Waals surface area (Å²) in [5.74, 6) is 0.682. The summed E-state index contributed by atoms with van der Waals surface area (Å²) in [4.78, 5) is 17.4. The highest BCUT2D eigenvalue weighted by molar-refractivity contribution is 6.04. The largest absolute Gasteiger partial charge is 0.325 e. The van der Waals surface area contributed by atoms with Gasteiger partial charge < -0.3 is 15.2 Å². The van der Waals surface area contributed by atoms with Gasteiger partial charge in [0, 0.05) is 30.9 Å². The van der Waals surface area contributed by atoms with E-state index in [0.717, 1.165) is 35.9 Å². The number of benzene rings is 2. The van der Waals surface area contributed by atoms with Crippen molar-refractivity contribution >= 4 is 11.6 Å². The third kappa shape index (κ3) is 2.70. The molecule has 0 spiro atoms. The van der Waals surface area contributed by atoms with E-state index in [4.69, 9.17) is 0 Å². The zero-order chi connectivity index (χ0) is 16.4. The van der Waals surface area contributed by atoms with Crippen molar-refractivity contribution in [2.24, 2.45) is 0 Å². The summed E-state index contributed by atoms with van der Waals surface area (Å²) >= 11 is 0. The number of hydrogen-bond acceptors (Lipinski definition) is 3. The fraction of sp³-hybridized carbons (Fsp3) is 0.158. The molecule has 0 saturated heterocycles. The van der Waals surface area contributed by atoms with Crippen LogP contribution in [0.3, 0.4) is 0 Å². The Morgan fingerprint density at radius 3 is 2.50 bits per heavy atom. The summed E-state index contributed by atoms with van der Waals surface area (Å²) in [6, 6.07) is 19.5. The van der Waals surface area contributed by atoms with Crippen molar-refractivity contribution in [3.05, 3.63) is 72.1 Å². The first kappa shape index (κ1) is 14.7. The molecule has 0 fully saturated rings. The van der Waals surface area contributed by atoms with Gasteiger partial charge in [-0.2, -0.15) is 0 Å². The van der Waals surface area contributed by atoms with Gasteiger partial charge in [0.05, 0.1) is 5.69 Å². The highest BCUT2D eigenvalue weighted by atomic mass is 16.1. The average molecular weight is 318 g/mol. The molecule has 2 aromatic carbocycles. The maximum Gasteiger partial charge on any atom is 0.276 e. The Bertz CT molecular complexity index is 856. The second-order valence-electron chi connectivity index (χ2n) is 5.75. The zero-order valence-electron chi connectivity index (χ0n) is 13.2. The van der Waals surface area contributed by atoms with Gasteiger partial charge >= 0.3 is 0 Å². The van der Waals surface area contributed by atoms with E-state index < -0.39 is 0 Å². The minimum atomic E-state index is -0.171. The number of imidazole rings is 1. The van der Waals surface area contributed by atoms with Crippen LogP contribution < -0.4 is 10.6 Å². The van der Waals surface area contributed by atoms with Crippen LogP contribution in [-0.2, 0) is 13.1 Å². The highest BCUT2D eigenvalue weighted by Gasteiger charge is 2.24. The minimum Gasteiger partial charge on any atom is -0.325 e. The number of carbonyl (C=O) groups excluding carboxylic acids is 1. The lowest BCUT2D eigenvalue weighted by Gasteiger charge is -2.18. The first-order chi connectivity index (χ1) is 11.8. The van der Waals surface area contributed by atoms with Crippen molar-refractivity contribution in [2.45, 2.75) is 13.1 Å². The van der Waals surface area contributed by atoms with Crippen LogP contribution in [0.4, 0.5) is 5.69 Å². The topological polar surface area (TPSA) is 59.0 Å². The van der Waals surface area contributed by atoms with Gasteiger partial charge in [-0.3, -0.25) is 4.79 Å². The molecule has 1 aromatic heterocycles. The van der Waals surface area contributed by atoms with Crippen LogP contribution in [-0.4, -0.2) is 22.0 Å². The van der Waals surface area contributed by atoms with E-state index in [9.17, 15) is 4.79 Å². The minimum absolute atomic E-state index is 0.171. The van der Waals surface area contributed by atoms with Crippen LogP contribution in [0.2, 0.25) is 0 Å². The average Bonchev–Trinajstić information content (AvgIpc) is 3.03. The van der Waals surface area contributed by atoms with Crippen LogP contribution >= 0.6 is 0 Å². The van der Waals surface area contributed by atoms with Crippen molar-refractivity contribution < 1.29 is 4.79 Å². The van der Waals surface area contributed by atoms with Gasteiger partial charge in [0.2, 0.25) is 0 Å². The van der Waals surface area contributed by atoms with E-state index in [1.807, 2.05) is 60.7 Å². The molecule has 0 saturated carbocycles. The molecular formula is C19H18N4O. The first-order valence-corrected chi connectivity index (χ1v) is 8.05. The fourth-order valence-corrected chi connectivity index (χ4v) is 3.01. The molecule has 2 heterocycles. The number of hydrogen-bond donors (Lipinski definition) is 2. The molecule has 1 aliphatic heterocycles. The molecule has 3 aromatic rings. The molecule has 24 heavy (non-hydrogen) atoms. The van der Waals surface area contributed by atoms with E-state index >= 15 is 0 Å². The van der Waals surface area contributed by atoms with E-state index in [0.29, 0.717) is 12.2 Å². The predicted octanol–water partition coefficient (Wildman–Crippen LogP) is 2.91. The number of nitrogens with one attached hydrogen (secondary N) is 2. The Morgan fingerprint density at radius 2 is 1.75 bits per heavy atom. The van der Waals surface area contributed by atoms with Gasteiger partial charge in [-0.1, -0.05) is 48.5 Å². The van der Waals surface area contributed by atoms with Gasteiger partial charge in [-0.25, -0.2) is 4.98 Å². The number of fused-ring (bicyclic) bond motifs is 1. The van der Waals surface area contributed by atoms with Crippen LogP contribution in [0.1, 0.15) is 16.2 Å². The summed E-state index contributed by atoms with van der Waals surface area (Å²) in [7, 11) is 0. The summed E-state index contributed by atoms with van der Waals surface area (Å²) < 4.78 is 2.14. The number of anilines is 1. The van der Waals surface area contributed by atoms with Gasteiger partial charge in [-0.05, 0) is 12.1 Å². The smallest absolute Gasteiger partial charge is 0.276 e. The van der Waals surface area contributed by atoms with Crippen molar-refractivity contribution in [1.82, 2.24) is 14.9 Å². The zero-order valence-corrected chi connectivity index (χ0v) is 13.2. The molecule has 1 aliphatic rings. The maximum atomic E-state index is 12.7. The van der Waals surface area contributed by atoms with E-state index in [2.05, 4.69) is 20.2 Å². The van der Waals surface area contributed by atoms with Gasteiger partial charge in [0.15, 0.2) is 5.69 Å². The number of aromatic nitrogens is 2. The van der Waals surface area contributed by atoms with E-state index in [-0.39, 0.29) is 5.91 Å². The Kier molecular flexibility index (Phi) is 3.84. The van der Waals surface area contributed by atoms with Crippen molar-refractivity contribution in [1.29, 1.82) is 0 Å².